The lowest BCUT2D eigenvalue weighted by molar-refractivity contribution is -0.274. The van der Waals surface area contributed by atoms with Crippen molar-refractivity contribution in [2.75, 3.05) is 11.4 Å². The quantitative estimate of drug-likeness (QED) is 0.893. The Hall–Kier alpha value is -3.23. The number of rotatable bonds is 4. The third kappa shape index (κ3) is 4.44. The summed E-state index contributed by atoms with van der Waals surface area (Å²) in [5.41, 5.74) is 0.566. The van der Waals surface area contributed by atoms with Gasteiger partial charge in [-0.1, -0.05) is 6.07 Å². The van der Waals surface area contributed by atoms with E-state index in [0.29, 0.717) is 11.4 Å². The van der Waals surface area contributed by atoms with E-state index in [4.69, 9.17) is 4.74 Å². The number of imide groups is 1. The van der Waals surface area contributed by atoms with Gasteiger partial charge in [0.25, 0.3) is 0 Å². The van der Waals surface area contributed by atoms with Crippen LogP contribution in [-0.2, 0) is 4.79 Å². The highest BCUT2D eigenvalue weighted by Crippen LogP contribution is 2.30. The Labute approximate surface area is 146 Å². The summed E-state index contributed by atoms with van der Waals surface area (Å²) in [6.45, 7) is 0.266. The SMILES string of the molecule is O=C1CCN(c2ccc(Oc3cccc(OC(F)(F)F)c3)cc2)C(=O)N1. The number of benzene rings is 2. The molecule has 26 heavy (non-hydrogen) atoms. The molecular formula is C17H13F3N2O4. The van der Waals surface area contributed by atoms with Crippen LogP contribution in [0.3, 0.4) is 0 Å². The number of hydrogen-bond acceptors (Lipinski definition) is 4. The van der Waals surface area contributed by atoms with E-state index in [9.17, 15) is 22.8 Å². The molecule has 0 saturated carbocycles. The zero-order chi connectivity index (χ0) is 18.7. The number of urea groups is 1. The molecule has 3 rings (SSSR count). The lowest BCUT2D eigenvalue weighted by Gasteiger charge is -2.26. The first-order valence-electron chi connectivity index (χ1n) is 7.55. The maximum atomic E-state index is 12.3. The summed E-state index contributed by atoms with van der Waals surface area (Å²) >= 11 is 0. The smallest absolute Gasteiger partial charge is 0.457 e. The molecule has 1 heterocycles. The lowest BCUT2D eigenvalue weighted by atomic mass is 10.2. The number of carbonyl (C=O) groups is 2. The van der Waals surface area contributed by atoms with Crippen LogP contribution < -0.4 is 19.7 Å². The molecule has 136 valence electrons. The van der Waals surface area contributed by atoms with E-state index >= 15 is 0 Å². The summed E-state index contributed by atoms with van der Waals surface area (Å²) in [6, 6.07) is 11.0. The van der Waals surface area contributed by atoms with Crippen LogP contribution in [0.2, 0.25) is 0 Å². The minimum Gasteiger partial charge on any atom is -0.457 e. The summed E-state index contributed by atoms with van der Waals surface area (Å²) in [4.78, 5) is 24.4. The standard InChI is InChI=1S/C17H13F3N2O4/c18-17(19,20)26-14-3-1-2-13(10-14)25-12-6-4-11(5-7-12)22-9-8-15(23)21-16(22)24/h1-7,10H,8-9H2,(H,21,23,24). The maximum absolute atomic E-state index is 12.3. The Morgan fingerprint density at radius 2 is 1.65 bits per heavy atom. The van der Waals surface area contributed by atoms with E-state index in [1.165, 1.54) is 23.1 Å². The molecule has 1 N–H and O–H groups in total. The van der Waals surface area contributed by atoms with Gasteiger partial charge in [0, 0.05) is 24.7 Å². The first-order chi connectivity index (χ1) is 12.3. The highest BCUT2D eigenvalue weighted by molar-refractivity contribution is 6.05. The number of hydrogen-bond donors (Lipinski definition) is 1. The van der Waals surface area contributed by atoms with Crippen molar-refractivity contribution in [3.8, 4) is 17.2 Å². The molecular weight excluding hydrogens is 353 g/mol. The first kappa shape index (κ1) is 17.6. The molecule has 0 radical (unpaired) electrons. The minimum atomic E-state index is -4.78. The molecule has 9 heteroatoms. The number of anilines is 1. The van der Waals surface area contributed by atoms with Crippen LogP contribution in [0.4, 0.5) is 23.7 Å². The van der Waals surface area contributed by atoms with Gasteiger partial charge >= 0.3 is 12.4 Å². The lowest BCUT2D eigenvalue weighted by Crippen LogP contribution is -2.49. The first-order valence-corrected chi connectivity index (χ1v) is 7.55. The molecule has 0 atom stereocenters. The fraction of sp³-hybridized carbons (Fsp3) is 0.176. The number of carbonyl (C=O) groups excluding carboxylic acids is 2. The molecule has 0 aromatic heterocycles. The number of alkyl halides is 3. The normalized spacial score (nSPS) is 14.8. The molecule has 0 spiro atoms. The predicted molar refractivity (Wildman–Crippen MR) is 85.1 cm³/mol. The van der Waals surface area contributed by atoms with Crippen molar-refractivity contribution in [2.24, 2.45) is 0 Å². The number of nitrogens with zero attached hydrogens (tertiary/aromatic N) is 1. The molecule has 1 saturated heterocycles. The van der Waals surface area contributed by atoms with E-state index in [0.717, 1.165) is 6.07 Å². The van der Waals surface area contributed by atoms with Gasteiger partial charge in [-0.3, -0.25) is 15.0 Å². The van der Waals surface area contributed by atoms with Gasteiger partial charge in [0.2, 0.25) is 5.91 Å². The van der Waals surface area contributed by atoms with Crippen molar-refractivity contribution < 1.29 is 32.2 Å². The van der Waals surface area contributed by atoms with Crippen LogP contribution in [0.5, 0.6) is 17.2 Å². The molecule has 0 bridgehead atoms. The highest BCUT2D eigenvalue weighted by atomic mass is 19.4. The van der Waals surface area contributed by atoms with E-state index in [1.807, 2.05) is 0 Å². The summed E-state index contributed by atoms with van der Waals surface area (Å²) in [5, 5.41) is 2.22. The van der Waals surface area contributed by atoms with Crippen molar-refractivity contribution in [1.29, 1.82) is 0 Å². The van der Waals surface area contributed by atoms with Crippen LogP contribution in [0.25, 0.3) is 0 Å². The van der Waals surface area contributed by atoms with E-state index in [1.54, 1.807) is 24.3 Å². The number of nitrogens with one attached hydrogen (secondary N) is 1. The van der Waals surface area contributed by atoms with Crippen molar-refractivity contribution in [3.05, 3.63) is 48.5 Å². The van der Waals surface area contributed by atoms with E-state index < -0.39 is 12.4 Å². The summed E-state index contributed by atoms with van der Waals surface area (Å²) in [7, 11) is 0. The number of ether oxygens (including phenoxy) is 2. The van der Waals surface area contributed by atoms with Crippen LogP contribution in [-0.4, -0.2) is 24.8 Å². The third-order valence-electron chi connectivity index (χ3n) is 3.48. The Morgan fingerprint density at radius 1 is 0.962 bits per heavy atom. The zero-order valence-electron chi connectivity index (χ0n) is 13.2. The van der Waals surface area contributed by atoms with E-state index in [-0.39, 0.29) is 30.4 Å². The molecule has 1 aliphatic heterocycles. The van der Waals surface area contributed by atoms with Gasteiger partial charge in [0.1, 0.15) is 17.2 Å². The average Bonchev–Trinajstić information content (AvgIpc) is 2.55. The Balaban J connectivity index is 1.69. The second kappa shape index (κ2) is 6.95. The van der Waals surface area contributed by atoms with E-state index in [2.05, 4.69) is 10.1 Å². The van der Waals surface area contributed by atoms with Gasteiger partial charge in [-0.2, -0.15) is 0 Å². The third-order valence-corrected chi connectivity index (χ3v) is 3.48. The largest absolute Gasteiger partial charge is 0.573 e. The van der Waals surface area contributed by atoms with Gasteiger partial charge in [0.05, 0.1) is 0 Å². The monoisotopic (exact) mass is 366 g/mol. The second-order valence-electron chi connectivity index (χ2n) is 5.37. The molecule has 0 aliphatic carbocycles. The van der Waals surface area contributed by atoms with Crippen molar-refractivity contribution >= 4 is 17.6 Å². The minimum absolute atomic E-state index is 0.167. The van der Waals surface area contributed by atoms with Gasteiger partial charge in [0.15, 0.2) is 0 Å². The van der Waals surface area contributed by atoms with Gasteiger partial charge < -0.3 is 9.47 Å². The molecule has 2 aromatic rings. The Kier molecular flexibility index (Phi) is 4.70. The molecule has 2 aromatic carbocycles. The zero-order valence-corrected chi connectivity index (χ0v) is 13.2. The summed E-state index contributed by atoms with van der Waals surface area (Å²) < 4.78 is 46.1. The fourth-order valence-electron chi connectivity index (χ4n) is 2.38. The van der Waals surface area contributed by atoms with Crippen molar-refractivity contribution in [1.82, 2.24) is 5.32 Å². The average molecular weight is 366 g/mol. The molecule has 6 nitrogen and oxygen atoms in total. The summed E-state index contributed by atoms with van der Waals surface area (Å²) in [6.07, 6.45) is -4.58. The van der Waals surface area contributed by atoms with Crippen LogP contribution in [0.1, 0.15) is 6.42 Å². The van der Waals surface area contributed by atoms with Gasteiger partial charge in [-0.25, -0.2) is 4.79 Å². The highest BCUT2D eigenvalue weighted by Gasteiger charge is 2.31. The molecule has 1 fully saturated rings. The fourth-order valence-corrected chi connectivity index (χ4v) is 2.38. The molecule has 3 amide bonds. The van der Waals surface area contributed by atoms with Crippen molar-refractivity contribution in [3.63, 3.8) is 0 Å². The maximum Gasteiger partial charge on any atom is 0.573 e. The summed E-state index contributed by atoms with van der Waals surface area (Å²) in [5.74, 6) is -0.180. The Morgan fingerprint density at radius 3 is 2.31 bits per heavy atom. The van der Waals surface area contributed by atoms with Crippen LogP contribution in [0.15, 0.2) is 48.5 Å². The topological polar surface area (TPSA) is 67.9 Å². The predicted octanol–water partition coefficient (Wildman–Crippen LogP) is 3.82. The van der Waals surface area contributed by atoms with Crippen molar-refractivity contribution in [2.45, 2.75) is 12.8 Å². The molecule has 0 unspecified atom stereocenters. The van der Waals surface area contributed by atoms with Gasteiger partial charge in [-0.15, -0.1) is 13.2 Å². The number of halogens is 3. The second-order valence-corrected chi connectivity index (χ2v) is 5.37. The van der Waals surface area contributed by atoms with Gasteiger partial charge in [-0.05, 0) is 36.4 Å². The molecule has 1 aliphatic rings. The van der Waals surface area contributed by atoms with Crippen LogP contribution >= 0.6 is 0 Å². The number of amides is 3. The van der Waals surface area contributed by atoms with Crippen LogP contribution in [0, 0.1) is 0 Å². The Bertz CT molecular complexity index is 822.